The molecular formula is C22H22N2O4S. The van der Waals surface area contributed by atoms with Crippen LogP contribution in [0.2, 0.25) is 0 Å². The summed E-state index contributed by atoms with van der Waals surface area (Å²) in [7, 11) is -4.03. The average molecular weight is 410 g/mol. The highest BCUT2D eigenvalue weighted by molar-refractivity contribution is 7.89. The lowest BCUT2D eigenvalue weighted by Crippen LogP contribution is -2.35. The maximum Gasteiger partial charge on any atom is 0.289 e. The highest BCUT2D eigenvalue weighted by Gasteiger charge is 2.31. The molecule has 0 N–H and O–H groups in total. The summed E-state index contributed by atoms with van der Waals surface area (Å²) in [5, 5.41) is 11.4. The van der Waals surface area contributed by atoms with Crippen LogP contribution in [0, 0.1) is 10.1 Å². The highest BCUT2D eigenvalue weighted by atomic mass is 32.2. The third-order valence-electron chi connectivity index (χ3n) is 4.67. The number of nitro benzene ring substituents is 1. The Hall–Kier alpha value is -3.03. The van der Waals surface area contributed by atoms with Gasteiger partial charge >= 0.3 is 0 Å². The van der Waals surface area contributed by atoms with Crippen LogP contribution in [0.25, 0.3) is 0 Å². The van der Waals surface area contributed by atoms with Crippen LogP contribution in [-0.4, -0.2) is 30.7 Å². The van der Waals surface area contributed by atoms with Crippen molar-refractivity contribution in [2.45, 2.75) is 17.7 Å². The van der Waals surface area contributed by atoms with E-state index in [-0.39, 0.29) is 18.0 Å². The van der Waals surface area contributed by atoms with Crippen LogP contribution in [0.3, 0.4) is 0 Å². The Labute approximate surface area is 170 Å². The number of hydrogen-bond acceptors (Lipinski definition) is 4. The molecule has 0 saturated heterocycles. The molecular weight excluding hydrogens is 388 g/mol. The summed E-state index contributed by atoms with van der Waals surface area (Å²) >= 11 is 0. The van der Waals surface area contributed by atoms with Gasteiger partial charge < -0.3 is 0 Å². The predicted octanol–water partition coefficient (Wildman–Crippen LogP) is 4.07. The number of sulfonamides is 1. The van der Waals surface area contributed by atoms with Crippen molar-refractivity contribution in [3.05, 3.63) is 106 Å². The molecule has 3 aromatic carbocycles. The minimum atomic E-state index is -4.03. The van der Waals surface area contributed by atoms with E-state index in [1.165, 1.54) is 28.6 Å². The van der Waals surface area contributed by atoms with Crippen LogP contribution < -0.4 is 0 Å². The number of nitro groups is 1. The van der Waals surface area contributed by atoms with Crippen molar-refractivity contribution in [1.82, 2.24) is 4.31 Å². The molecule has 0 aliphatic heterocycles. The summed E-state index contributed by atoms with van der Waals surface area (Å²) in [6, 6.07) is 24.7. The molecule has 0 heterocycles. The molecule has 0 bridgehead atoms. The normalized spacial score (nSPS) is 11.5. The quantitative estimate of drug-likeness (QED) is 0.393. The number of benzene rings is 3. The van der Waals surface area contributed by atoms with Crippen LogP contribution in [0.1, 0.15) is 11.1 Å². The Morgan fingerprint density at radius 3 is 1.66 bits per heavy atom. The molecule has 29 heavy (non-hydrogen) atoms. The van der Waals surface area contributed by atoms with Crippen molar-refractivity contribution < 1.29 is 13.3 Å². The van der Waals surface area contributed by atoms with E-state index in [9.17, 15) is 18.5 Å². The lowest BCUT2D eigenvalue weighted by atomic mass is 10.1. The standard InChI is InChI=1S/C22H22N2O4S/c25-24(26)21-13-7-8-14-22(21)29(27,28)23(17-15-19-9-3-1-4-10-19)18-16-20-11-5-2-6-12-20/h1-14H,15-18H2. The van der Waals surface area contributed by atoms with Crippen molar-refractivity contribution in [2.75, 3.05) is 13.1 Å². The van der Waals surface area contributed by atoms with Gasteiger partial charge in [0, 0.05) is 19.2 Å². The Kier molecular flexibility index (Phi) is 6.74. The molecule has 6 nitrogen and oxygen atoms in total. The van der Waals surface area contributed by atoms with Gasteiger partial charge in [-0.1, -0.05) is 72.8 Å². The fraction of sp³-hybridized carbons (Fsp3) is 0.182. The van der Waals surface area contributed by atoms with Crippen molar-refractivity contribution in [3.63, 3.8) is 0 Å². The molecule has 0 fully saturated rings. The number of rotatable bonds is 9. The first kappa shape index (κ1) is 20.7. The second-order valence-corrected chi connectivity index (χ2v) is 8.51. The zero-order valence-corrected chi connectivity index (χ0v) is 16.7. The monoisotopic (exact) mass is 410 g/mol. The third kappa shape index (κ3) is 5.28. The Morgan fingerprint density at radius 2 is 1.17 bits per heavy atom. The lowest BCUT2D eigenvalue weighted by molar-refractivity contribution is -0.387. The van der Waals surface area contributed by atoms with Crippen molar-refractivity contribution in [1.29, 1.82) is 0 Å². The fourth-order valence-electron chi connectivity index (χ4n) is 3.11. The molecule has 0 spiro atoms. The molecule has 0 saturated carbocycles. The zero-order chi connectivity index (χ0) is 20.7. The summed E-state index contributed by atoms with van der Waals surface area (Å²) in [5.74, 6) is 0. The van der Waals surface area contributed by atoms with Crippen LogP contribution in [-0.2, 0) is 22.9 Å². The first-order chi connectivity index (χ1) is 14.0. The Morgan fingerprint density at radius 1 is 0.724 bits per heavy atom. The van der Waals surface area contributed by atoms with Crippen LogP contribution in [0.5, 0.6) is 0 Å². The minimum absolute atomic E-state index is 0.241. The molecule has 0 radical (unpaired) electrons. The van der Waals surface area contributed by atoms with Gasteiger partial charge in [0.2, 0.25) is 10.0 Å². The predicted molar refractivity (Wildman–Crippen MR) is 112 cm³/mol. The molecule has 3 rings (SSSR count). The molecule has 3 aromatic rings. The lowest BCUT2D eigenvalue weighted by Gasteiger charge is -2.22. The SMILES string of the molecule is O=[N+]([O-])c1ccccc1S(=O)(=O)N(CCc1ccccc1)CCc1ccccc1. The number of para-hydroxylation sites is 1. The summed E-state index contributed by atoms with van der Waals surface area (Å²) in [4.78, 5) is 10.4. The first-order valence-corrected chi connectivity index (χ1v) is 10.7. The van der Waals surface area contributed by atoms with E-state index in [0.717, 1.165) is 11.1 Å². The van der Waals surface area contributed by atoms with Gasteiger partial charge in [0.15, 0.2) is 4.90 Å². The van der Waals surface area contributed by atoms with Gasteiger partial charge in [-0.15, -0.1) is 0 Å². The second-order valence-electron chi connectivity index (χ2n) is 6.60. The van der Waals surface area contributed by atoms with E-state index in [0.29, 0.717) is 12.8 Å². The average Bonchev–Trinajstić information content (AvgIpc) is 2.75. The van der Waals surface area contributed by atoms with Crippen molar-refractivity contribution >= 4 is 15.7 Å². The Bertz CT molecular complexity index is 1010. The van der Waals surface area contributed by atoms with Crippen LogP contribution in [0.4, 0.5) is 5.69 Å². The molecule has 0 atom stereocenters. The van der Waals surface area contributed by atoms with Gasteiger partial charge in [-0.25, -0.2) is 8.42 Å². The van der Waals surface area contributed by atoms with Gasteiger partial charge in [0.1, 0.15) is 0 Å². The first-order valence-electron chi connectivity index (χ1n) is 9.30. The molecule has 0 amide bonds. The summed E-state index contributed by atoms with van der Waals surface area (Å²) < 4.78 is 28.0. The third-order valence-corrected chi connectivity index (χ3v) is 6.61. The Balaban J connectivity index is 1.89. The van der Waals surface area contributed by atoms with Gasteiger partial charge in [-0.3, -0.25) is 10.1 Å². The van der Waals surface area contributed by atoms with Crippen molar-refractivity contribution in [2.24, 2.45) is 0 Å². The fourth-order valence-corrected chi connectivity index (χ4v) is 4.71. The van der Waals surface area contributed by atoms with E-state index in [1.807, 2.05) is 60.7 Å². The maximum absolute atomic E-state index is 13.3. The number of nitrogens with zero attached hydrogens (tertiary/aromatic N) is 2. The zero-order valence-electron chi connectivity index (χ0n) is 15.8. The van der Waals surface area contributed by atoms with Gasteiger partial charge in [0.25, 0.3) is 5.69 Å². The molecule has 0 aliphatic carbocycles. The second kappa shape index (κ2) is 9.45. The van der Waals surface area contributed by atoms with Crippen LogP contribution in [0.15, 0.2) is 89.8 Å². The van der Waals surface area contributed by atoms with E-state index >= 15 is 0 Å². The van der Waals surface area contributed by atoms with E-state index in [4.69, 9.17) is 0 Å². The van der Waals surface area contributed by atoms with Gasteiger partial charge in [-0.2, -0.15) is 4.31 Å². The molecule has 7 heteroatoms. The van der Waals surface area contributed by atoms with E-state index < -0.39 is 20.6 Å². The summed E-state index contributed by atoms with van der Waals surface area (Å²) in [6.07, 6.45) is 1.05. The van der Waals surface area contributed by atoms with E-state index in [1.54, 1.807) is 0 Å². The number of hydrogen-bond donors (Lipinski definition) is 0. The topological polar surface area (TPSA) is 80.5 Å². The maximum atomic E-state index is 13.3. The van der Waals surface area contributed by atoms with Gasteiger partial charge in [0.05, 0.1) is 4.92 Å². The van der Waals surface area contributed by atoms with E-state index in [2.05, 4.69) is 0 Å². The van der Waals surface area contributed by atoms with Crippen LogP contribution >= 0.6 is 0 Å². The van der Waals surface area contributed by atoms with Gasteiger partial charge in [-0.05, 0) is 30.0 Å². The minimum Gasteiger partial charge on any atom is -0.258 e. The smallest absolute Gasteiger partial charge is 0.258 e. The molecule has 0 aromatic heterocycles. The molecule has 0 aliphatic rings. The largest absolute Gasteiger partial charge is 0.289 e. The van der Waals surface area contributed by atoms with Crippen molar-refractivity contribution in [3.8, 4) is 0 Å². The summed E-state index contributed by atoms with van der Waals surface area (Å²) in [6.45, 7) is 0.483. The molecule has 0 unspecified atom stereocenters. The highest BCUT2D eigenvalue weighted by Crippen LogP contribution is 2.26. The summed E-state index contributed by atoms with van der Waals surface area (Å²) in [5.41, 5.74) is 1.61. The molecule has 150 valence electrons.